The summed E-state index contributed by atoms with van der Waals surface area (Å²) in [6, 6.07) is 10.1. The molecular formula is C16H20BrN3O2. The van der Waals surface area contributed by atoms with Gasteiger partial charge < -0.3 is 22.1 Å². The minimum absolute atomic E-state index is 0. The largest absolute Gasteiger partial charge is 1.00 e. The SMILES string of the molecule is Cc1ccc(-c2cc(C)c(N)[n+](CCCC(=O)O)n2)cc1.[Br-]. The summed E-state index contributed by atoms with van der Waals surface area (Å²) in [5.41, 5.74) is 10.0. The van der Waals surface area contributed by atoms with Crippen molar-refractivity contribution in [3.63, 3.8) is 0 Å². The molecule has 0 aliphatic rings. The van der Waals surface area contributed by atoms with Crippen molar-refractivity contribution >= 4 is 11.8 Å². The van der Waals surface area contributed by atoms with Gasteiger partial charge in [-0.1, -0.05) is 34.9 Å². The molecule has 0 saturated carbocycles. The third-order valence-corrected chi connectivity index (χ3v) is 3.37. The van der Waals surface area contributed by atoms with Crippen LogP contribution in [0.5, 0.6) is 0 Å². The van der Waals surface area contributed by atoms with Crippen molar-refractivity contribution in [3.8, 4) is 11.3 Å². The Morgan fingerprint density at radius 1 is 1.27 bits per heavy atom. The van der Waals surface area contributed by atoms with Crippen molar-refractivity contribution in [3.05, 3.63) is 41.5 Å². The Hall–Kier alpha value is -1.95. The molecule has 118 valence electrons. The first-order valence-electron chi connectivity index (χ1n) is 6.93. The first kappa shape index (κ1) is 18.1. The summed E-state index contributed by atoms with van der Waals surface area (Å²) in [5, 5.41) is 13.2. The summed E-state index contributed by atoms with van der Waals surface area (Å²) < 4.78 is 1.69. The Kier molecular flexibility index (Phi) is 6.49. The first-order valence-corrected chi connectivity index (χ1v) is 6.93. The van der Waals surface area contributed by atoms with Crippen LogP contribution in [0.25, 0.3) is 11.3 Å². The van der Waals surface area contributed by atoms with E-state index in [4.69, 9.17) is 10.8 Å². The van der Waals surface area contributed by atoms with Crippen molar-refractivity contribution in [1.29, 1.82) is 0 Å². The van der Waals surface area contributed by atoms with Gasteiger partial charge >= 0.3 is 5.97 Å². The summed E-state index contributed by atoms with van der Waals surface area (Å²) in [4.78, 5) is 10.6. The fraction of sp³-hybridized carbons (Fsp3) is 0.312. The summed E-state index contributed by atoms with van der Waals surface area (Å²) in [5.74, 6) is -0.225. The van der Waals surface area contributed by atoms with Gasteiger partial charge in [0.25, 0.3) is 5.82 Å². The van der Waals surface area contributed by atoms with Gasteiger partial charge in [0.1, 0.15) is 12.2 Å². The van der Waals surface area contributed by atoms with E-state index in [1.165, 1.54) is 5.56 Å². The second-order valence-corrected chi connectivity index (χ2v) is 5.18. The molecule has 0 amide bonds. The summed E-state index contributed by atoms with van der Waals surface area (Å²) in [7, 11) is 0. The number of halogens is 1. The lowest BCUT2D eigenvalue weighted by Gasteiger charge is -2.07. The highest BCUT2D eigenvalue weighted by Crippen LogP contribution is 2.19. The summed E-state index contributed by atoms with van der Waals surface area (Å²) in [6.45, 7) is 4.47. The zero-order valence-corrected chi connectivity index (χ0v) is 14.3. The van der Waals surface area contributed by atoms with E-state index in [0.29, 0.717) is 18.8 Å². The highest BCUT2D eigenvalue weighted by atomic mass is 79.9. The Morgan fingerprint density at radius 2 is 1.91 bits per heavy atom. The molecule has 2 aromatic rings. The van der Waals surface area contributed by atoms with E-state index in [1.54, 1.807) is 4.68 Å². The molecule has 0 spiro atoms. The van der Waals surface area contributed by atoms with E-state index in [0.717, 1.165) is 16.8 Å². The molecule has 1 aromatic carbocycles. The molecule has 0 aliphatic carbocycles. The summed E-state index contributed by atoms with van der Waals surface area (Å²) in [6.07, 6.45) is 0.621. The van der Waals surface area contributed by atoms with E-state index in [2.05, 4.69) is 5.10 Å². The topological polar surface area (TPSA) is 80.1 Å². The maximum Gasteiger partial charge on any atom is 0.303 e. The van der Waals surface area contributed by atoms with Gasteiger partial charge in [0.2, 0.25) is 0 Å². The lowest BCUT2D eigenvalue weighted by Crippen LogP contribution is -3.00. The lowest BCUT2D eigenvalue weighted by molar-refractivity contribution is -0.740. The van der Waals surface area contributed by atoms with E-state index < -0.39 is 5.97 Å². The van der Waals surface area contributed by atoms with Crippen molar-refractivity contribution in [2.75, 3.05) is 5.73 Å². The molecule has 0 radical (unpaired) electrons. The zero-order valence-electron chi connectivity index (χ0n) is 12.7. The number of hydrogen-bond acceptors (Lipinski definition) is 3. The number of nitrogens with zero attached hydrogens (tertiary/aromatic N) is 2. The van der Waals surface area contributed by atoms with Crippen molar-refractivity contribution in [1.82, 2.24) is 5.10 Å². The summed E-state index contributed by atoms with van der Waals surface area (Å²) >= 11 is 0. The normalized spacial score (nSPS) is 10.1. The van der Waals surface area contributed by atoms with Crippen molar-refractivity contribution in [2.24, 2.45) is 0 Å². The molecule has 6 heteroatoms. The second kappa shape index (κ2) is 7.89. The predicted octanol–water partition coefficient (Wildman–Crippen LogP) is -0.896. The van der Waals surface area contributed by atoms with Gasteiger partial charge in [-0.05, 0) is 26.3 Å². The number of anilines is 1. The molecule has 0 fully saturated rings. The maximum atomic E-state index is 10.6. The van der Waals surface area contributed by atoms with Crippen LogP contribution in [-0.2, 0) is 11.3 Å². The third-order valence-electron chi connectivity index (χ3n) is 3.37. The number of aromatic nitrogens is 2. The van der Waals surface area contributed by atoms with Crippen LogP contribution in [0.2, 0.25) is 0 Å². The van der Waals surface area contributed by atoms with Crippen molar-refractivity contribution < 1.29 is 31.6 Å². The van der Waals surface area contributed by atoms with Gasteiger partial charge in [-0.25, -0.2) is 0 Å². The number of carboxylic acid groups (broad SMARTS) is 1. The number of aliphatic carboxylic acids is 1. The fourth-order valence-corrected chi connectivity index (χ4v) is 2.11. The van der Waals surface area contributed by atoms with Crippen LogP contribution in [-0.4, -0.2) is 16.2 Å². The van der Waals surface area contributed by atoms with Crippen LogP contribution in [0.4, 0.5) is 5.82 Å². The smallest absolute Gasteiger partial charge is 0.303 e. The van der Waals surface area contributed by atoms with Gasteiger partial charge in [-0.15, -0.1) is 4.68 Å². The minimum Gasteiger partial charge on any atom is -1.00 e. The zero-order chi connectivity index (χ0) is 15.4. The minimum atomic E-state index is -0.805. The number of nitrogens with two attached hydrogens (primary N) is 1. The van der Waals surface area contributed by atoms with Crippen LogP contribution >= 0.6 is 0 Å². The Bertz CT molecular complexity index is 657. The molecule has 1 aromatic heterocycles. The molecule has 0 unspecified atom stereocenters. The van der Waals surface area contributed by atoms with Crippen LogP contribution < -0.4 is 27.4 Å². The molecule has 3 N–H and O–H groups in total. The molecular weight excluding hydrogens is 346 g/mol. The highest BCUT2D eigenvalue weighted by molar-refractivity contribution is 5.66. The number of nitrogen functional groups attached to an aromatic ring is 1. The monoisotopic (exact) mass is 365 g/mol. The number of hydrogen-bond donors (Lipinski definition) is 2. The molecule has 2 rings (SSSR count). The number of aryl methyl sites for hydroxylation is 3. The Labute approximate surface area is 140 Å². The quantitative estimate of drug-likeness (QED) is 0.673. The average molecular weight is 366 g/mol. The Morgan fingerprint density at radius 3 is 2.50 bits per heavy atom. The van der Waals surface area contributed by atoms with Crippen molar-refractivity contribution in [2.45, 2.75) is 33.2 Å². The van der Waals surface area contributed by atoms with E-state index >= 15 is 0 Å². The third kappa shape index (κ3) is 4.53. The molecule has 0 saturated heterocycles. The first-order chi connectivity index (χ1) is 9.97. The number of rotatable bonds is 5. The van der Waals surface area contributed by atoms with Crippen LogP contribution in [0.1, 0.15) is 24.0 Å². The van der Waals surface area contributed by atoms with Gasteiger partial charge in [0.15, 0.2) is 0 Å². The molecule has 22 heavy (non-hydrogen) atoms. The molecule has 0 bridgehead atoms. The van der Waals surface area contributed by atoms with Crippen LogP contribution in [0.15, 0.2) is 30.3 Å². The fourth-order valence-electron chi connectivity index (χ4n) is 2.11. The highest BCUT2D eigenvalue weighted by Gasteiger charge is 2.14. The Balaban J connectivity index is 0.00000242. The van der Waals surface area contributed by atoms with Gasteiger partial charge in [-0.3, -0.25) is 10.5 Å². The second-order valence-electron chi connectivity index (χ2n) is 5.18. The average Bonchev–Trinajstić information content (AvgIpc) is 2.43. The van der Waals surface area contributed by atoms with E-state index in [1.807, 2.05) is 44.2 Å². The number of benzene rings is 1. The maximum absolute atomic E-state index is 10.6. The van der Waals surface area contributed by atoms with Gasteiger partial charge in [0.05, 0.1) is 0 Å². The van der Waals surface area contributed by atoms with Gasteiger partial charge in [-0.2, -0.15) is 0 Å². The number of carbonyl (C=O) groups is 1. The standard InChI is InChI=1S/C16H19N3O2.BrH/c1-11-5-7-13(8-6-11)14-10-12(2)16(17)19(18-14)9-3-4-15(20)21;/h5-8,10,17H,3-4,9H2,1-2H3,(H,20,21);1H. The predicted molar refractivity (Wildman–Crippen MR) is 80.6 cm³/mol. The molecule has 0 aliphatic heterocycles. The molecule has 0 atom stereocenters. The molecule has 1 heterocycles. The van der Waals surface area contributed by atoms with Gasteiger partial charge in [0, 0.05) is 17.5 Å². The van der Waals surface area contributed by atoms with E-state index in [-0.39, 0.29) is 23.4 Å². The molecule has 5 nitrogen and oxygen atoms in total. The van der Waals surface area contributed by atoms with E-state index in [9.17, 15) is 4.79 Å². The lowest BCUT2D eigenvalue weighted by atomic mass is 10.1. The van der Waals surface area contributed by atoms with Crippen LogP contribution in [0, 0.1) is 13.8 Å². The number of carboxylic acids is 1. The van der Waals surface area contributed by atoms with Crippen LogP contribution in [0.3, 0.4) is 0 Å².